The number of methoxy groups -OCH3 is 3. The molecule has 1 heterocycles. The van der Waals surface area contributed by atoms with E-state index >= 15 is 0 Å². The van der Waals surface area contributed by atoms with E-state index < -0.39 is 12.1 Å². The molecule has 47 heavy (non-hydrogen) atoms. The van der Waals surface area contributed by atoms with E-state index in [1.165, 1.54) is 6.92 Å². The van der Waals surface area contributed by atoms with E-state index in [0.29, 0.717) is 61.0 Å². The molecular formula is C37H45N3O7. The Balaban J connectivity index is 1.57. The maximum Gasteiger partial charge on any atom is 0.245 e. The third-order valence-corrected chi connectivity index (χ3v) is 9.26. The van der Waals surface area contributed by atoms with Crippen molar-refractivity contribution in [3.63, 3.8) is 0 Å². The molecular weight excluding hydrogens is 598 g/mol. The summed E-state index contributed by atoms with van der Waals surface area (Å²) in [5, 5.41) is 6.39. The summed E-state index contributed by atoms with van der Waals surface area (Å²) in [7, 11) is 4.69. The van der Waals surface area contributed by atoms with Crippen molar-refractivity contribution in [2.75, 3.05) is 46.3 Å². The monoisotopic (exact) mass is 643 g/mol. The fourth-order valence-corrected chi connectivity index (χ4v) is 6.59. The Morgan fingerprint density at radius 1 is 1.02 bits per heavy atom. The summed E-state index contributed by atoms with van der Waals surface area (Å²) >= 11 is 0. The number of aryl methyl sites for hydroxylation is 1. The van der Waals surface area contributed by atoms with Crippen LogP contribution in [-0.2, 0) is 20.7 Å². The maximum absolute atomic E-state index is 14.1. The van der Waals surface area contributed by atoms with Crippen LogP contribution in [-0.4, -0.2) is 63.8 Å². The predicted octanol–water partition coefficient (Wildman–Crippen LogP) is 5.29. The molecule has 0 radical (unpaired) electrons. The number of morpholine rings is 1. The third-order valence-electron chi connectivity index (χ3n) is 9.26. The molecule has 3 aromatic carbocycles. The molecule has 0 bridgehead atoms. The second-order valence-corrected chi connectivity index (χ2v) is 12.2. The molecule has 250 valence electrons. The molecule has 10 nitrogen and oxygen atoms in total. The number of hydrogen-bond donors (Lipinski definition) is 2. The molecule has 1 fully saturated rings. The van der Waals surface area contributed by atoms with Gasteiger partial charge in [0, 0.05) is 19.0 Å². The molecule has 4 atom stereocenters. The summed E-state index contributed by atoms with van der Waals surface area (Å²) in [6.45, 7) is 6.85. The van der Waals surface area contributed by atoms with Gasteiger partial charge in [0.1, 0.15) is 12.1 Å². The lowest BCUT2D eigenvalue weighted by Gasteiger charge is -2.37. The second kappa shape index (κ2) is 14.9. The van der Waals surface area contributed by atoms with Gasteiger partial charge in [-0.05, 0) is 59.2 Å². The van der Waals surface area contributed by atoms with Crippen molar-refractivity contribution in [2.24, 2.45) is 5.92 Å². The number of nitrogens with one attached hydrogen (secondary N) is 2. The Morgan fingerprint density at radius 3 is 2.43 bits per heavy atom. The summed E-state index contributed by atoms with van der Waals surface area (Å²) in [6.07, 6.45) is 1.67. The van der Waals surface area contributed by atoms with E-state index in [2.05, 4.69) is 10.6 Å². The summed E-state index contributed by atoms with van der Waals surface area (Å²) in [4.78, 5) is 42.3. The molecule has 0 spiro atoms. The number of carbonyl (C=O) groups excluding carboxylic acids is 2. The number of ether oxygens (including phenoxy) is 4. The fourth-order valence-electron chi connectivity index (χ4n) is 6.59. The molecule has 0 saturated carbocycles. The van der Waals surface area contributed by atoms with Gasteiger partial charge in [0.15, 0.2) is 11.5 Å². The van der Waals surface area contributed by atoms with Crippen LogP contribution in [0.2, 0.25) is 0 Å². The van der Waals surface area contributed by atoms with Crippen molar-refractivity contribution < 1.29 is 28.5 Å². The molecule has 10 heteroatoms. The van der Waals surface area contributed by atoms with E-state index in [1.807, 2.05) is 61.2 Å². The smallest absolute Gasteiger partial charge is 0.245 e. The first kappa shape index (κ1) is 33.8. The van der Waals surface area contributed by atoms with Crippen LogP contribution < -0.4 is 30.3 Å². The first-order chi connectivity index (χ1) is 22.7. The van der Waals surface area contributed by atoms with Crippen LogP contribution in [0.15, 0.2) is 59.4 Å². The van der Waals surface area contributed by atoms with Gasteiger partial charge >= 0.3 is 0 Å². The Labute approximate surface area is 276 Å². The Morgan fingerprint density at radius 2 is 1.77 bits per heavy atom. The van der Waals surface area contributed by atoms with E-state index in [0.717, 1.165) is 28.7 Å². The van der Waals surface area contributed by atoms with Gasteiger partial charge in [-0.2, -0.15) is 0 Å². The van der Waals surface area contributed by atoms with Crippen LogP contribution in [0.5, 0.6) is 17.2 Å². The first-order valence-corrected chi connectivity index (χ1v) is 16.2. The van der Waals surface area contributed by atoms with Gasteiger partial charge in [0.25, 0.3) is 0 Å². The van der Waals surface area contributed by atoms with E-state index in [9.17, 15) is 14.4 Å². The van der Waals surface area contributed by atoms with Gasteiger partial charge in [0.2, 0.25) is 23.0 Å². The highest BCUT2D eigenvalue weighted by Gasteiger charge is 2.34. The summed E-state index contributed by atoms with van der Waals surface area (Å²) in [6, 6.07) is 15.9. The van der Waals surface area contributed by atoms with Gasteiger partial charge in [-0.3, -0.25) is 14.4 Å². The van der Waals surface area contributed by atoms with Crippen molar-refractivity contribution in [3.05, 3.63) is 81.5 Å². The molecule has 2 amide bonds. The zero-order chi connectivity index (χ0) is 33.7. The minimum atomic E-state index is -0.637. The molecule has 1 aliphatic carbocycles. The molecule has 5 rings (SSSR count). The number of rotatable bonds is 10. The van der Waals surface area contributed by atoms with Crippen LogP contribution in [0, 0.1) is 5.92 Å². The molecule has 1 unspecified atom stereocenters. The van der Waals surface area contributed by atoms with E-state index in [4.69, 9.17) is 18.9 Å². The Bertz CT molecular complexity index is 1660. The van der Waals surface area contributed by atoms with Crippen molar-refractivity contribution in [1.29, 1.82) is 0 Å². The number of amides is 2. The largest absolute Gasteiger partial charge is 0.493 e. The summed E-state index contributed by atoms with van der Waals surface area (Å²) < 4.78 is 23.3. The average molecular weight is 644 g/mol. The van der Waals surface area contributed by atoms with Crippen molar-refractivity contribution in [1.82, 2.24) is 10.2 Å². The molecule has 1 saturated heterocycles. The summed E-state index contributed by atoms with van der Waals surface area (Å²) in [5.74, 6) is 1.11. The minimum Gasteiger partial charge on any atom is -0.493 e. The van der Waals surface area contributed by atoms with Gasteiger partial charge in [0.05, 0.1) is 46.2 Å². The number of carbonyl (C=O) groups is 2. The van der Waals surface area contributed by atoms with Crippen molar-refractivity contribution in [2.45, 2.75) is 58.2 Å². The zero-order valence-corrected chi connectivity index (χ0v) is 28.1. The highest BCUT2D eigenvalue weighted by molar-refractivity contribution is 5.86. The topological polar surface area (TPSA) is 115 Å². The molecule has 0 aromatic heterocycles. The predicted molar refractivity (Wildman–Crippen MR) is 181 cm³/mol. The second-order valence-electron chi connectivity index (χ2n) is 12.2. The van der Waals surface area contributed by atoms with Gasteiger partial charge in [-0.15, -0.1) is 0 Å². The number of fused-ring (bicyclic) bond motifs is 3. The molecule has 1 aliphatic heterocycles. The standard InChI is InChI=1S/C37H45N3O7/c1-7-22(2)34(37(43)40-17-18-47-32(21-40)24-11-9-8-10-12-24)39-29-16-14-26-27(20-30(29)42)28(38-23(3)41)15-13-25-19-31(44-4)35(45-5)36(46-6)33(25)26/h8-12,14,16,19-20,22,28,32,34H,7,13,15,17-18,21H2,1-6H3,(H,38,41)(H,39,42)/t22-,28+,32?,34+/m0/s1. The maximum atomic E-state index is 14.1. The Hall–Kier alpha value is -4.57. The van der Waals surface area contributed by atoms with Crippen LogP contribution in [0.3, 0.4) is 0 Å². The van der Waals surface area contributed by atoms with Gasteiger partial charge < -0.3 is 34.5 Å². The van der Waals surface area contributed by atoms with Crippen molar-refractivity contribution in [3.8, 4) is 28.4 Å². The lowest BCUT2D eigenvalue weighted by molar-refractivity contribution is -0.141. The normalized spacial score (nSPS) is 18.5. The van der Waals surface area contributed by atoms with Crippen molar-refractivity contribution >= 4 is 17.5 Å². The van der Waals surface area contributed by atoms with Crippen LogP contribution >= 0.6 is 0 Å². The SMILES string of the molecule is CC[C@H](C)[C@@H](Nc1ccc2c(cc1=O)[C@H](NC(C)=O)CCc1cc(OC)c(OC)c(OC)c1-2)C(=O)N1CCOC(c2ccccc2)C1. The molecule has 3 aromatic rings. The van der Waals surface area contributed by atoms with Crippen LogP contribution in [0.1, 0.15) is 62.4 Å². The highest BCUT2D eigenvalue weighted by Crippen LogP contribution is 2.50. The van der Waals surface area contributed by atoms with Crippen LogP contribution in [0.25, 0.3) is 11.1 Å². The summed E-state index contributed by atoms with van der Waals surface area (Å²) in [5.41, 5.74) is 4.13. The number of benzene rings is 2. The zero-order valence-electron chi connectivity index (χ0n) is 28.1. The Kier molecular flexibility index (Phi) is 10.7. The van der Waals surface area contributed by atoms with Crippen LogP contribution in [0.4, 0.5) is 5.69 Å². The van der Waals surface area contributed by atoms with E-state index in [1.54, 1.807) is 33.5 Å². The minimum absolute atomic E-state index is 0.0621. The van der Waals surface area contributed by atoms with Gasteiger partial charge in [-0.25, -0.2) is 0 Å². The fraction of sp³-hybridized carbons (Fsp3) is 0.432. The lowest BCUT2D eigenvalue weighted by atomic mass is 9.95. The number of nitrogens with zero attached hydrogens (tertiary/aromatic N) is 1. The van der Waals surface area contributed by atoms with E-state index in [-0.39, 0.29) is 29.3 Å². The molecule has 2 aliphatic rings. The quantitative estimate of drug-likeness (QED) is 0.306. The third kappa shape index (κ3) is 7.07. The molecule has 2 N–H and O–H groups in total. The average Bonchev–Trinajstić information content (AvgIpc) is 3.33. The number of hydrogen-bond acceptors (Lipinski definition) is 8. The first-order valence-electron chi connectivity index (χ1n) is 16.2. The van der Waals surface area contributed by atoms with Gasteiger partial charge in [-0.1, -0.05) is 56.7 Å². The highest BCUT2D eigenvalue weighted by atomic mass is 16.5. The number of anilines is 1. The lowest BCUT2D eigenvalue weighted by Crippen LogP contribution is -2.51.